The lowest BCUT2D eigenvalue weighted by atomic mass is 10.1. The third kappa shape index (κ3) is 2.68. The molecule has 2 aromatic rings. The van der Waals surface area contributed by atoms with Crippen LogP contribution in [0.5, 0.6) is 5.75 Å². The third-order valence-corrected chi connectivity index (χ3v) is 3.79. The average Bonchev–Trinajstić information content (AvgIpc) is 2.92. The summed E-state index contributed by atoms with van der Waals surface area (Å²) in [4.78, 5) is 14.2. The molecule has 0 radical (unpaired) electrons. The summed E-state index contributed by atoms with van der Waals surface area (Å²) < 4.78 is 21.3. The van der Waals surface area contributed by atoms with Crippen molar-refractivity contribution in [3.05, 3.63) is 41.8 Å². The van der Waals surface area contributed by atoms with Gasteiger partial charge in [-0.3, -0.25) is 14.4 Å². The van der Waals surface area contributed by atoms with Gasteiger partial charge in [-0.05, 0) is 31.4 Å². The molecule has 1 aliphatic rings. The van der Waals surface area contributed by atoms with E-state index in [0.29, 0.717) is 24.3 Å². The summed E-state index contributed by atoms with van der Waals surface area (Å²) in [6.45, 7) is 2.27. The molecule has 1 amide bonds. The molecule has 22 heavy (non-hydrogen) atoms. The number of anilines is 1. The van der Waals surface area contributed by atoms with Gasteiger partial charge in [0.2, 0.25) is 0 Å². The zero-order valence-electron chi connectivity index (χ0n) is 12.6. The maximum Gasteiger partial charge on any atom is 0.269 e. The summed E-state index contributed by atoms with van der Waals surface area (Å²) in [7, 11) is 1.80. The van der Waals surface area contributed by atoms with E-state index in [2.05, 4.69) is 5.10 Å². The van der Waals surface area contributed by atoms with E-state index < -0.39 is 11.9 Å². The van der Waals surface area contributed by atoms with Crippen molar-refractivity contribution in [3.63, 3.8) is 0 Å². The molecule has 0 saturated carbocycles. The number of ether oxygens (including phenoxy) is 1. The molecule has 0 bridgehead atoms. The number of carbonyl (C=O) groups excluding carboxylic acids is 1. The van der Waals surface area contributed by atoms with Gasteiger partial charge in [0.15, 0.2) is 23.5 Å². The minimum atomic E-state index is -0.674. The minimum Gasteiger partial charge on any atom is -0.477 e. The quantitative estimate of drug-likeness (QED) is 0.875. The van der Waals surface area contributed by atoms with Gasteiger partial charge in [-0.25, -0.2) is 4.39 Å². The Kier molecular flexibility index (Phi) is 3.83. The highest BCUT2D eigenvalue weighted by atomic mass is 19.1. The van der Waals surface area contributed by atoms with Gasteiger partial charge in [-0.2, -0.15) is 5.10 Å². The zero-order valence-corrected chi connectivity index (χ0v) is 12.6. The van der Waals surface area contributed by atoms with Crippen molar-refractivity contribution in [1.82, 2.24) is 9.78 Å². The SMILES string of the molecule is Cc1cccc(OC2CCCN(c3ccn(C)n3)C2=O)c1F. The van der Waals surface area contributed by atoms with Gasteiger partial charge < -0.3 is 4.74 Å². The average molecular weight is 303 g/mol. The molecule has 116 valence electrons. The van der Waals surface area contributed by atoms with E-state index in [1.54, 1.807) is 54.0 Å². The van der Waals surface area contributed by atoms with E-state index in [4.69, 9.17) is 4.74 Å². The van der Waals surface area contributed by atoms with Gasteiger partial charge in [0.25, 0.3) is 5.91 Å². The lowest BCUT2D eigenvalue weighted by Crippen LogP contribution is -2.47. The topological polar surface area (TPSA) is 47.4 Å². The molecule has 1 aromatic heterocycles. The van der Waals surface area contributed by atoms with E-state index in [9.17, 15) is 9.18 Å². The van der Waals surface area contributed by atoms with Crippen LogP contribution in [0.25, 0.3) is 0 Å². The smallest absolute Gasteiger partial charge is 0.269 e. The number of hydrogen-bond donors (Lipinski definition) is 0. The van der Waals surface area contributed by atoms with Crippen LogP contribution >= 0.6 is 0 Å². The minimum absolute atomic E-state index is 0.126. The fraction of sp³-hybridized carbons (Fsp3) is 0.375. The van der Waals surface area contributed by atoms with Gasteiger partial charge in [0, 0.05) is 25.9 Å². The Balaban J connectivity index is 1.79. The predicted octanol–water partition coefficient (Wildman–Crippen LogP) is 2.44. The van der Waals surface area contributed by atoms with E-state index >= 15 is 0 Å². The van der Waals surface area contributed by atoms with Crippen LogP contribution < -0.4 is 9.64 Å². The Morgan fingerprint density at radius 2 is 2.18 bits per heavy atom. The number of aryl methyl sites for hydroxylation is 2. The summed E-state index contributed by atoms with van der Waals surface area (Å²) >= 11 is 0. The molecule has 0 spiro atoms. The van der Waals surface area contributed by atoms with E-state index in [0.717, 1.165) is 6.42 Å². The number of halogens is 1. The van der Waals surface area contributed by atoms with E-state index in [-0.39, 0.29) is 11.7 Å². The summed E-state index contributed by atoms with van der Waals surface area (Å²) in [5.74, 6) is 0.142. The first-order chi connectivity index (χ1) is 10.6. The molecule has 6 heteroatoms. The highest BCUT2D eigenvalue weighted by molar-refractivity contribution is 5.96. The molecule has 3 rings (SSSR count). The maximum absolute atomic E-state index is 14.0. The molecule has 0 N–H and O–H groups in total. The van der Waals surface area contributed by atoms with E-state index in [1.807, 2.05) is 0 Å². The summed E-state index contributed by atoms with van der Waals surface area (Å²) in [6, 6.07) is 6.73. The first-order valence-corrected chi connectivity index (χ1v) is 7.29. The fourth-order valence-electron chi connectivity index (χ4n) is 2.59. The van der Waals surface area contributed by atoms with Crippen molar-refractivity contribution in [2.24, 2.45) is 7.05 Å². The van der Waals surface area contributed by atoms with Gasteiger partial charge in [0.1, 0.15) is 0 Å². The Morgan fingerprint density at radius 3 is 2.91 bits per heavy atom. The third-order valence-electron chi connectivity index (χ3n) is 3.79. The first-order valence-electron chi connectivity index (χ1n) is 7.29. The lowest BCUT2D eigenvalue weighted by Gasteiger charge is -2.31. The van der Waals surface area contributed by atoms with Crippen LogP contribution in [-0.2, 0) is 11.8 Å². The molecule has 2 heterocycles. The second-order valence-corrected chi connectivity index (χ2v) is 5.47. The number of carbonyl (C=O) groups is 1. The highest BCUT2D eigenvalue weighted by Crippen LogP contribution is 2.26. The zero-order chi connectivity index (χ0) is 15.7. The van der Waals surface area contributed by atoms with Crippen LogP contribution in [0.2, 0.25) is 0 Å². The highest BCUT2D eigenvalue weighted by Gasteiger charge is 2.32. The number of aromatic nitrogens is 2. The van der Waals surface area contributed by atoms with Crippen molar-refractivity contribution in [2.75, 3.05) is 11.4 Å². The Morgan fingerprint density at radius 1 is 1.36 bits per heavy atom. The Labute approximate surface area is 128 Å². The largest absolute Gasteiger partial charge is 0.477 e. The van der Waals surface area contributed by atoms with Gasteiger partial charge >= 0.3 is 0 Å². The van der Waals surface area contributed by atoms with Crippen LogP contribution in [0.15, 0.2) is 30.5 Å². The Hall–Kier alpha value is -2.37. The Bertz CT molecular complexity index is 698. The van der Waals surface area contributed by atoms with Crippen molar-refractivity contribution in [2.45, 2.75) is 25.9 Å². The number of rotatable bonds is 3. The summed E-state index contributed by atoms with van der Waals surface area (Å²) in [5.41, 5.74) is 0.502. The molecule has 1 saturated heterocycles. The summed E-state index contributed by atoms with van der Waals surface area (Å²) in [6.07, 6.45) is 2.48. The van der Waals surface area contributed by atoms with Gasteiger partial charge in [0.05, 0.1) is 0 Å². The van der Waals surface area contributed by atoms with Crippen LogP contribution in [-0.4, -0.2) is 28.3 Å². The second-order valence-electron chi connectivity index (χ2n) is 5.47. The van der Waals surface area contributed by atoms with Crippen molar-refractivity contribution < 1.29 is 13.9 Å². The molecule has 1 atom stereocenters. The number of nitrogens with zero attached hydrogens (tertiary/aromatic N) is 3. The van der Waals surface area contributed by atoms with Gasteiger partial charge in [-0.1, -0.05) is 12.1 Å². The molecule has 5 nitrogen and oxygen atoms in total. The first kappa shape index (κ1) is 14.6. The predicted molar refractivity (Wildman–Crippen MR) is 80.3 cm³/mol. The second kappa shape index (κ2) is 5.79. The standard InChI is InChI=1S/C16H18FN3O2/c1-11-5-3-6-12(15(11)17)22-13-7-4-9-20(16(13)21)14-8-10-19(2)18-14/h3,5-6,8,10,13H,4,7,9H2,1-2H3. The summed E-state index contributed by atoms with van der Waals surface area (Å²) in [5, 5.41) is 4.25. The fourth-order valence-corrected chi connectivity index (χ4v) is 2.59. The van der Waals surface area contributed by atoms with Crippen LogP contribution in [0.1, 0.15) is 18.4 Å². The van der Waals surface area contributed by atoms with Crippen molar-refractivity contribution >= 4 is 11.7 Å². The maximum atomic E-state index is 14.0. The van der Waals surface area contributed by atoms with Gasteiger partial charge in [-0.15, -0.1) is 0 Å². The normalized spacial score (nSPS) is 18.6. The number of amides is 1. The molecular weight excluding hydrogens is 285 g/mol. The van der Waals surface area contributed by atoms with Crippen molar-refractivity contribution in [1.29, 1.82) is 0 Å². The molecule has 1 aromatic carbocycles. The van der Waals surface area contributed by atoms with Crippen molar-refractivity contribution in [3.8, 4) is 5.75 Å². The molecular formula is C16H18FN3O2. The lowest BCUT2D eigenvalue weighted by molar-refractivity contribution is -0.127. The number of benzene rings is 1. The number of piperidine rings is 1. The number of hydrogen-bond acceptors (Lipinski definition) is 3. The molecule has 1 aliphatic heterocycles. The molecule has 0 aliphatic carbocycles. The van der Waals surface area contributed by atoms with Crippen LogP contribution in [0.3, 0.4) is 0 Å². The van der Waals surface area contributed by atoms with E-state index in [1.165, 1.54) is 0 Å². The van der Waals surface area contributed by atoms with Crippen LogP contribution in [0.4, 0.5) is 10.2 Å². The monoisotopic (exact) mass is 303 g/mol. The molecule has 1 fully saturated rings. The van der Waals surface area contributed by atoms with Crippen LogP contribution in [0, 0.1) is 12.7 Å². The molecule has 1 unspecified atom stereocenters.